The largest absolute Gasteiger partial charge is 0.342 e. The number of amides is 8. The van der Waals surface area contributed by atoms with Crippen LogP contribution >= 0.6 is 0 Å². The zero-order valence-corrected chi connectivity index (χ0v) is 43.8. The predicted octanol–water partition coefficient (Wildman–Crippen LogP) is 1.90. The number of rotatable bonds is 22. The first-order valence-electron chi connectivity index (χ1n) is 25.0. The lowest BCUT2D eigenvalue weighted by Crippen LogP contribution is -2.59. The second-order valence-corrected chi connectivity index (χ2v) is 21.1. The molecule has 0 unspecified atom stereocenters. The summed E-state index contributed by atoms with van der Waals surface area (Å²) in [6.45, 7) is 14.6. The van der Waals surface area contributed by atoms with E-state index in [-0.39, 0.29) is 49.8 Å². The Kier molecular flexibility index (Phi) is 21.6. The van der Waals surface area contributed by atoms with Crippen LogP contribution in [0.5, 0.6) is 0 Å². The standard InChI is InChI=1S/C52H78F2N10O8/c1-33(55-9)45(67)59-43(51(3,4)5)49(71)63-25-11-13-39(63)31-61(27-23-35-15-19-37(53)20-16-35)41(65)29-57-47(69)48(70)58-30-42(66)62(28-24-36-17-21-38(54)22-18-36)32-40-14-12-26-64(40)50(72)44(52(6,7)8)60-46(68)34(2)56-10/h15-22,33-34,39-40,43-44,55-56H,11-14,23-32H2,1-10H3,(H,57,69)(H,58,70)(H,59,67)(H,60,68)/t33-,34-,39-,40+,43+,44+/m0/s1. The fourth-order valence-corrected chi connectivity index (χ4v) is 8.73. The van der Waals surface area contributed by atoms with E-state index in [0.29, 0.717) is 51.6 Å². The van der Waals surface area contributed by atoms with Crippen LogP contribution in [-0.4, -0.2) is 170 Å². The quantitative estimate of drug-likeness (QED) is 0.0942. The van der Waals surface area contributed by atoms with Crippen LogP contribution in [0.4, 0.5) is 8.78 Å². The highest BCUT2D eigenvalue weighted by Gasteiger charge is 2.42. The number of likely N-dealkylation sites (tertiary alicyclic amines) is 2. The van der Waals surface area contributed by atoms with Crippen molar-refractivity contribution < 1.29 is 47.1 Å². The van der Waals surface area contributed by atoms with E-state index in [1.165, 1.54) is 34.1 Å². The van der Waals surface area contributed by atoms with E-state index < -0.39 is 95.4 Å². The summed E-state index contributed by atoms with van der Waals surface area (Å²) in [5, 5.41) is 16.3. The summed E-state index contributed by atoms with van der Waals surface area (Å²) in [6, 6.07) is 7.97. The summed E-state index contributed by atoms with van der Waals surface area (Å²) in [5.41, 5.74) is 0.186. The number of carbonyl (C=O) groups is 8. The molecule has 0 radical (unpaired) electrons. The molecule has 18 nitrogen and oxygen atoms in total. The van der Waals surface area contributed by atoms with Gasteiger partial charge in [-0.05, 0) is 113 Å². The van der Waals surface area contributed by atoms with Crippen LogP contribution in [0.3, 0.4) is 0 Å². The number of nitrogens with one attached hydrogen (secondary N) is 6. The van der Waals surface area contributed by atoms with Gasteiger partial charge in [0.15, 0.2) is 0 Å². The van der Waals surface area contributed by atoms with Gasteiger partial charge >= 0.3 is 11.8 Å². The van der Waals surface area contributed by atoms with E-state index in [2.05, 4.69) is 31.9 Å². The van der Waals surface area contributed by atoms with Gasteiger partial charge in [0.05, 0.1) is 25.2 Å². The van der Waals surface area contributed by atoms with Gasteiger partial charge in [0.2, 0.25) is 35.4 Å². The third-order valence-corrected chi connectivity index (χ3v) is 13.5. The number of halogens is 2. The first kappa shape index (κ1) is 58.5. The molecule has 2 fully saturated rings. The normalized spacial score (nSPS) is 17.6. The van der Waals surface area contributed by atoms with Gasteiger partial charge in [0.1, 0.15) is 23.7 Å². The number of hydrogen-bond acceptors (Lipinski definition) is 10. The molecule has 2 aliphatic rings. The Balaban J connectivity index is 1.45. The fraction of sp³-hybridized carbons (Fsp3) is 0.615. The Morgan fingerprint density at radius 2 is 0.917 bits per heavy atom. The minimum Gasteiger partial charge on any atom is -0.342 e. The van der Waals surface area contributed by atoms with Crippen molar-refractivity contribution in [3.8, 4) is 0 Å². The SMILES string of the molecule is CN[C@@H](C)C(=O)N[C@H](C(=O)N1CCC[C@@H]1CN(CCc1ccc(F)cc1)C(=O)CNC(=O)C(=O)NCC(=O)N(CCc1ccc(F)cc1)C[C@@H]1CCCN1C(=O)[C@@H](NC(=O)[C@H](C)NC)C(C)(C)C)C(C)(C)C. The summed E-state index contributed by atoms with van der Waals surface area (Å²) >= 11 is 0. The number of nitrogens with zero attached hydrogens (tertiary/aromatic N) is 4. The summed E-state index contributed by atoms with van der Waals surface area (Å²) in [4.78, 5) is 115. The van der Waals surface area contributed by atoms with E-state index in [9.17, 15) is 47.1 Å². The minimum absolute atomic E-state index is 0.0822. The lowest BCUT2D eigenvalue weighted by Gasteiger charge is -2.37. The van der Waals surface area contributed by atoms with Crippen molar-refractivity contribution in [3.05, 3.63) is 71.3 Å². The molecule has 8 amide bonds. The van der Waals surface area contributed by atoms with Gasteiger partial charge in [-0.25, -0.2) is 8.78 Å². The van der Waals surface area contributed by atoms with Gasteiger partial charge in [-0.1, -0.05) is 65.8 Å². The number of carbonyl (C=O) groups excluding carboxylic acids is 8. The Morgan fingerprint density at radius 3 is 1.22 bits per heavy atom. The van der Waals surface area contributed by atoms with Crippen LogP contribution in [0, 0.1) is 22.5 Å². The minimum atomic E-state index is -1.17. The van der Waals surface area contributed by atoms with Crippen molar-refractivity contribution >= 4 is 47.3 Å². The van der Waals surface area contributed by atoms with Crippen LogP contribution in [0.15, 0.2) is 48.5 Å². The Hall–Kier alpha value is -6.02. The molecule has 4 rings (SSSR count). The van der Waals surface area contributed by atoms with E-state index in [1.54, 1.807) is 62.0 Å². The maximum absolute atomic E-state index is 14.2. The average molecular weight is 1010 g/mol. The Morgan fingerprint density at radius 1 is 0.583 bits per heavy atom. The van der Waals surface area contributed by atoms with E-state index in [1.807, 2.05) is 41.5 Å². The molecule has 398 valence electrons. The van der Waals surface area contributed by atoms with E-state index >= 15 is 0 Å². The van der Waals surface area contributed by atoms with Gasteiger partial charge in [0.25, 0.3) is 0 Å². The third kappa shape index (κ3) is 17.1. The summed E-state index contributed by atoms with van der Waals surface area (Å²) in [5.74, 6) is -5.52. The first-order chi connectivity index (χ1) is 33.8. The van der Waals surface area contributed by atoms with Crippen LogP contribution in [-0.2, 0) is 51.2 Å². The average Bonchev–Trinajstić information content (AvgIpc) is 4.02. The third-order valence-electron chi connectivity index (χ3n) is 13.5. The van der Waals surface area contributed by atoms with Gasteiger partial charge in [-0.15, -0.1) is 0 Å². The summed E-state index contributed by atoms with van der Waals surface area (Å²) < 4.78 is 27.5. The molecule has 0 aliphatic carbocycles. The molecular weight excluding hydrogens is 931 g/mol. The predicted molar refractivity (Wildman–Crippen MR) is 269 cm³/mol. The van der Waals surface area contributed by atoms with Crippen molar-refractivity contribution in [2.24, 2.45) is 10.8 Å². The maximum Gasteiger partial charge on any atom is 0.309 e. The molecule has 2 saturated heterocycles. The molecule has 0 aromatic heterocycles. The smallest absolute Gasteiger partial charge is 0.309 e. The fourth-order valence-electron chi connectivity index (χ4n) is 8.73. The zero-order chi connectivity index (χ0) is 53.5. The van der Waals surface area contributed by atoms with Crippen LogP contribution in [0.1, 0.15) is 92.2 Å². The van der Waals surface area contributed by atoms with Crippen molar-refractivity contribution in [2.45, 2.75) is 130 Å². The number of hydrogen-bond donors (Lipinski definition) is 6. The Bertz CT molecular complexity index is 2050. The monoisotopic (exact) mass is 1010 g/mol. The lowest BCUT2D eigenvalue weighted by molar-refractivity contribution is -0.143. The lowest BCUT2D eigenvalue weighted by atomic mass is 9.85. The van der Waals surface area contributed by atoms with E-state index in [4.69, 9.17) is 0 Å². The van der Waals surface area contributed by atoms with Crippen LogP contribution in [0.25, 0.3) is 0 Å². The van der Waals surface area contributed by atoms with Crippen LogP contribution < -0.4 is 31.9 Å². The molecule has 6 atom stereocenters. The van der Waals surface area contributed by atoms with Crippen molar-refractivity contribution in [2.75, 3.05) is 66.5 Å². The second-order valence-electron chi connectivity index (χ2n) is 21.1. The molecule has 72 heavy (non-hydrogen) atoms. The highest BCUT2D eigenvalue weighted by atomic mass is 19.1. The molecule has 0 saturated carbocycles. The maximum atomic E-state index is 14.2. The molecule has 0 bridgehead atoms. The van der Waals surface area contributed by atoms with Crippen molar-refractivity contribution in [3.63, 3.8) is 0 Å². The van der Waals surface area contributed by atoms with Gasteiger partial charge in [0, 0.05) is 51.4 Å². The zero-order valence-electron chi connectivity index (χ0n) is 43.8. The number of benzene rings is 2. The molecule has 6 N–H and O–H groups in total. The van der Waals surface area contributed by atoms with Crippen molar-refractivity contribution in [1.82, 2.24) is 51.5 Å². The highest BCUT2D eigenvalue weighted by Crippen LogP contribution is 2.28. The molecule has 0 spiro atoms. The second kappa shape index (κ2) is 26.6. The van der Waals surface area contributed by atoms with Gasteiger partial charge < -0.3 is 51.5 Å². The molecule has 2 aliphatic heterocycles. The van der Waals surface area contributed by atoms with Crippen LogP contribution in [0.2, 0.25) is 0 Å². The topological polar surface area (TPSA) is 222 Å². The number of likely N-dealkylation sites (N-methyl/N-ethyl adjacent to an activating group) is 2. The molecule has 2 heterocycles. The molecule has 20 heteroatoms. The summed E-state index contributed by atoms with van der Waals surface area (Å²) in [6.07, 6.45) is 3.07. The molecule has 2 aromatic rings. The summed E-state index contributed by atoms with van der Waals surface area (Å²) in [7, 11) is 3.30. The molecule has 2 aromatic carbocycles. The molecular formula is C52H78F2N10O8. The van der Waals surface area contributed by atoms with E-state index in [0.717, 1.165) is 11.1 Å². The Labute approximate surface area is 423 Å². The highest BCUT2D eigenvalue weighted by molar-refractivity contribution is 6.35. The first-order valence-corrected chi connectivity index (χ1v) is 25.0. The van der Waals surface area contributed by atoms with Gasteiger partial charge in [-0.3, -0.25) is 38.4 Å². The van der Waals surface area contributed by atoms with Gasteiger partial charge in [-0.2, -0.15) is 0 Å². The van der Waals surface area contributed by atoms with Crippen molar-refractivity contribution in [1.29, 1.82) is 0 Å².